The van der Waals surface area contributed by atoms with E-state index in [1.807, 2.05) is 30.1 Å². The first kappa shape index (κ1) is 14.5. The van der Waals surface area contributed by atoms with E-state index in [1.54, 1.807) is 6.92 Å². The molecule has 0 aliphatic carbocycles. The van der Waals surface area contributed by atoms with Crippen LogP contribution in [0.15, 0.2) is 30.3 Å². The summed E-state index contributed by atoms with van der Waals surface area (Å²) in [7, 11) is 1.90. The molecule has 0 amide bonds. The van der Waals surface area contributed by atoms with Crippen molar-refractivity contribution in [3.05, 3.63) is 52.4 Å². The fraction of sp³-hybridized carbons (Fsp3) is 0.267. The molecule has 5 heteroatoms. The number of hydrogen-bond donors (Lipinski definition) is 0. The van der Waals surface area contributed by atoms with Crippen LogP contribution in [0.3, 0.4) is 0 Å². The average molecular weight is 290 g/mol. The lowest BCUT2D eigenvalue weighted by Crippen LogP contribution is -2.23. The molecule has 1 aromatic heterocycles. The lowest BCUT2D eigenvalue weighted by atomic mass is 10.1. The Balaban J connectivity index is 2.17. The monoisotopic (exact) mass is 289 g/mol. The maximum absolute atomic E-state index is 11.1. The Kier molecular flexibility index (Phi) is 4.69. The Hall–Kier alpha value is -1.94. The Labute approximate surface area is 123 Å². The minimum atomic E-state index is 0.203. The summed E-state index contributed by atoms with van der Waals surface area (Å²) in [6, 6.07) is 10.2. The van der Waals surface area contributed by atoms with Crippen molar-refractivity contribution in [1.29, 1.82) is 0 Å². The zero-order valence-corrected chi connectivity index (χ0v) is 12.3. The summed E-state index contributed by atoms with van der Waals surface area (Å²) in [4.78, 5) is 21.4. The zero-order valence-electron chi connectivity index (χ0n) is 11.5. The zero-order chi connectivity index (χ0) is 14.5. The van der Waals surface area contributed by atoms with Gasteiger partial charge in [0.25, 0.3) is 0 Å². The molecule has 2 rings (SSSR count). The number of carbonyl (C=O) groups excluding carboxylic acids is 1. The standard InChI is InChI=1S/C15H16ClN3O/c1-11-17-14(16)13(10-20)15(18-11)19(2)9-8-12-6-4-3-5-7-12/h3-7,10H,8-9H2,1-2H3. The molecule has 20 heavy (non-hydrogen) atoms. The molecule has 104 valence electrons. The number of carbonyl (C=O) groups is 1. The first-order valence-corrected chi connectivity index (χ1v) is 6.74. The first-order valence-electron chi connectivity index (χ1n) is 6.36. The highest BCUT2D eigenvalue weighted by Gasteiger charge is 2.14. The van der Waals surface area contributed by atoms with Gasteiger partial charge >= 0.3 is 0 Å². The molecule has 0 N–H and O–H groups in total. The molecule has 1 heterocycles. The molecule has 0 aliphatic heterocycles. The van der Waals surface area contributed by atoms with Crippen LogP contribution in [0.5, 0.6) is 0 Å². The maximum Gasteiger partial charge on any atom is 0.156 e. The number of hydrogen-bond acceptors (Lipinski definition) is 4. The fourth-order valence-corrected chi connectivity index (χ4v) is 2.22. The van der Waals surface area contributed by atoms with Gasteiger partial charge in [0.1, 0.15) is 16.8 Å². The highest BCUT2D eigenvalue weighted by atomic mass is 35.5. The number of aryl methyl sites for hydroxylation is 1. The lowest BCUT2D eigenvalue weighted by molar-refractivity contribution is 0.112. The predicted molar refractivity (Wildman–Crippen MR) is 80.6 cm³/mol. The third-order valence-electron chi connectivity index (χ3n) is 3.05. The molecular weight excluding hydrogens is 274 g/mol. The predicted octanol–water partition coefficient (Wildman–Crippen LogP) is 2.93. The first-order chi connectivity index (χ1) is 9.61. The van der Waals surface area contributed by atoms with Gasteiger partial charge in [-0.1, -0.05) is 41.9 Å². The van der Waals surface area contributed by atoms with E-state index in [4.69, 9.17) is 11.6 Å². The van der Waals surface area contributed by atoms with E-state index in [9.17, 15) is 4.79 Å². The largest absolute Gasteiger partial charge is 0.359 e. The van der Waals surface area contributed by atoms with E-state index in [1.165, 1.54) is 5.56 Å². The van der Waals surface area contributed by atoms with Gasteiger partial charge in [0.15, 0.2) is 6.29 Å². The van der Waals surface area contributed by atoms with E-state index >= 15 is 0 Å². The Morgan fingerprint density at radius 3 is 2.60 bits per heavy atom. The minimum absolute atomic E-state index is 0.203. The third-order valence-corrected chi connectivity index (χ3v) is 3.34. The number of aldehydes is 1. The Bertz CT molecular complexity index is 602. The van der Waals surface area contributed by atoms with Crippen molar-refractivity contribution in [2.24, 2.45) is 0 Å². The molecule has 0 aliphatic rings. The van der Waals surface area contributed by atoms with Gasteiger partial charge < -0.3 is 4.90 Å². The van der Waals surface area contributed by atoms with Gasteiger partial charge in [-0.2, -0.15) is 0 Å². The molecule has 0 radical (unpaired) electrons. The molecule has 0 saturated heterocycles. The summed E-state index contributed by atoms with van der Waals surface area (Å²) in [6.07, 6.45) is 1.58. The van der Waals surface area contributed by atoms with E-state index in [0.717, 1.165) is 13.0 Å². The summed E-state index contributed by atoms with van der Waals surface area (Å²) in [5, 5.41) is 0.203. The van der Waals surface area contributed by atoms with Crippen molar-refractivity contribution in [2.45, 2.75) is 13.3 Å². The molecule has 1 aromatic carbocycles. The van der Waals surface area contributed by atoms with Crippen molar-refractivity contribution >= 4 is 23.7 Å². The average Bonchev–Trinajstić information content (AvgIpc) is 2.45. The molecule has 0 bridgehead atoms. The van der Waals surface area contributed by atoms with Crippen LogP contribution in [-0.4, -0.2) is 29.8 Å². The summed E-state index contributed by atoms with van der Waals surface area (Å²) in [5.41, 5.74) is 1.58. The summed E-state index contributed by atoms with van der Waals surface area (Å²) in [5.74, 6) is 1.13. The van der Waals surface area contributed by atoms with E-state index < -0.39 is 0 Å². The van der Waals surface area contributed by atoms with Gasteiger partial charge in [-0.15, -0.1) is 0 Å². The Morgan fingerprint density at radius 1 is 1.25 bits per heavy atom. The molecule has 0 unspecified atom stereocenters. The van der Waals surface area contributed by atoms with Gasteiger partial charge in [-0.25, -0.2) is 9.97 Å². The second-order valence-corrected chi connectivity index (χ2v) is 4.93. The quantitative estimate of drug-likeness (QED) is 0.627. The van der Waals surface area contributed by atoms with Gasteiger partial charge in [0, 0.05) is 13.6 Å². The van der Waals surface area contributed by atoms with Crippen molar-refractivity contribution < 1.29 is 4.79 Å². The molecule has 0 atom stereocenters. The van der Waals surface area contributed by atoms with Gasteiger partial charge in [-0.05, 0) is 18.9 Å². The number of rotatable bonds is 5. The van der Waals surface area contributed by atoms with Crippen LogP contribution >= 0.6 is 11.6 Å². The van der Waals surface area contributed by atoms with Crippen LogP contribution in [-0.2, 0) is 6.42 Å². The fourth-order valence-electron chi connectivity index (χ4n) is 1.97. The van der Waals surface area contributed by atoms with E-state index in [0.29, 0.717) is 23.5 Å². The van der Waals surface area contributed by atoms with Crippen LogP contribution in [0.1, 0.15) is 21.7 Å². The second-order valence-electron chi connectivity index (χ2n) is 4.57. The smallest absolute Gasteiger partial charge is 0.156 e. The van der Waals surface area contributed by atoms with Crippen molar-refractivity contribution in [1.82, 2.24) is 9.97 Å². The van der Waals surface area contributed by atoms with Crippen LogP contribution in [0.4, 0.5) is 5.82 Å². The minimum Gasteiger partial charge on any atom is -0.359 e. The normalized spacial score (nSPS) is 10.3. The molecule has 0 spiro atoms. The maximum atomic E-state index is 11.1. The second kappa shape index (κ2) is 6.48. The molecule has 2 aromatic rings. The molecule has 4 nitrogen and oxygen atoms in total. The van der Waals surface area contributed by atoms with Crippen LogP contribution < -0.4 is 4.90 Å². The number of nitrogens with zero attached hydrogens (tertiary/aromatic N) is 3. The van der Waals surface area contributed by atoms with Crippen LogP contribution in [0.2, 0.25) is 5.15 Å². The number of benzene rings is 1. The van der Waals surface area contributed by atoms with Crippen LogP contribution in [0.25, 0.3) is 0 Å². The Morgan fingerprint density at radius 2 is 1.95 bits per heavy atom. The topological polar surface area (TPSA) is 46.1 Å². The summed E-state index contributed by atoms with van der Waals surface area (Å²) < 4.78 is 0. The number of anilines is 1. The highest BCUT2D eigenvalue weighted by Crippen LogP contribution is 2.22. The van der Waals surface area contributed by atoms with Gasteiger partial charge in [0.05, 0.1) is 5.56 Å². The van der Waals surface area contributed by atoms with Gasteiger partial charge in [-0.3, -0.25) is 4.79 Å². The molecule has 0 saturated carbocycles. The molecule has 0 fully saturated rings. The summed E-state index contributed by atoms with van der Waals surface area (Å²) >= 11 is 5.99. The molecular formula is C15H16ClN3O. The van der Waals surface area contributed by atoms with Crippen molar-refractivity contribution in [3.63, 3.8) is 0 Å². The lowest BCUT2D eigenvalue weighted by Gasteiger charge is -2.20. The van der Waals surface area contributed by atoms with E-state index in [2.05, 4.69) is 22.1 Å². The third kappa shape index (κ3) is 3.33. The van der Waals surface area contributed by atoms with Gasteiger partial charge in [0.2, 0.25) is 0 Å². The summed E-state index contributed by atoms with van der Waals surface area (Å²) in [6.45, 7) is 2.51. The number of halogens is 1. The number of aromatic nitrogens is 2. The van der Waals surface area contributed by atoms with E-state index in [-0.39, 0.29) is 5.15 Å². The SMILES string of the molecule is Cc1nc(Cl)c(C=O)c(N(C)CCc2ccccc2)n1. The van der Waals surface area contributed by atoms with Crippen molar-refractivity contribution in [3.8, 4) is 0 Å². The van der Waals surface area contributed by atoms with Crippen LogP contribution in [0, 0.1) is 6.92 Å². The highest BCUT2D eigenvalue weighted by molar-refractivity contribution is 6.32. The number of likely N-dealkylation sites (N-methyl/N-ethyl adjacent to an activating group) is 1. The van der Waals surface area contributed by atoms with Crippen molar-refractivity contribution in [2.75, 3.05) is 18.5 Å².